The van der Waals surface area contributed by atoms with Gasteiger partial charge >= 0.3 is 0 Å². The lowest BCUT2D eigenvalue weighted by atomic mass is 10.1. The fraction of sp³-hybridized carbons (Fsp3) is 0. The monoisotopic (exact) mass is 239 g/mol. The van der Waals surface area contributed by atoms with Crippen molar-refractivity contribution in [2.45, 2.75) is 0 Å². The number of aromatic nitrogens is 4. The maximum absolute atomic E-state index is 12.1. The molecular weight excluding hydrogens is 230 g/mol. The van der Waals surface area contributed by atoms with Crippen molar-refractivity contribution in [2.24, 2.45) is 0 Å². The summed E-state index contributed by atoms with van der Waals surface area (Å²) in [6.45, 7) is 0. The normalized spacial score (nSPS) is 10.4. The van der Waals surface area contributed by atoms with E-state index in [9.17, 15) is 4.79 Å². The SMILES string of the molecule is O=C(Nc1cn[nH]c1)c1cccc2nccnc12. The predicted molar refractivity (Wildman–Crippen MR) is 66.1 cm³/mol. The van der Waals surface area contributed by atoms with Crippen molar-refractivity contribution in [3.63, 3.8) is 0 Å². The van der Waals surface area contributed by atoms with Crippen molar-refractivity contribution in [3.8, 4) is 0 Å². The molecule has 0 saturated heterocycles. The summed E-state index contributed by atoms with van der Waals surface area (Å²) in [6, 6.07) is 5.31. The van der Waals surface area contributed by atoms with E-state index in [-0.39, 0.29) is 5.91 Å². The molecule has 6 heteroatoms. The lowest BCUT2D eigenvalue weighted by Gasteiger charge is -2.04. The van der Waals surface area contributed by atoms with E-state index < -0.39 is 0 Å². The lowest BCUT2D eigenvalue weighted by molar-refractivity contribution is 0.102. The summed E-state index contributed by atoms with van der Waals surface area (Å²) in [5.74, 6) is -0.234. The molecule has 0 aliphatic heterocycles. The van der Waals surface area contributed by atoms with E-state index >= 15 is 0 Å². The molecule has 1 aromatic carbocycles. The molecule has 1 amide bonds. The van der Waals surface area contributed by atoms with Crippen molar-refractivity contribution >= 4 is 22.6 Å². The fourth-order valence-electron chi connectivity index (χ4n) is 1.69. The Morgan fingerprint density at radius 1 is 1.22 bits per heavy atom. The van der Waals surface area contributed by atoms with Crippen molar-refractivity contribution < 1.29 is 4.79 Å². The van der Waals surface area contributed by atoms with Crippen molar-refractivity contribution in [1.29, 1.82) is 0 Å². The number of benzene rings is 1. The number of H-pyrrole nitrogens is 1. The molecule has 0 saturated carbocycles. The van der Waals surface area contributed by atoms with Crippen LogP contribution in [0, 0.1) is 0 Å². The molecule has 2 aromatic heterocycles. The standard InChI is InChI=1S/C12H9N5O/c18-12(17-8-6-15-16-7-8)9-2-1-3-10-11(9)14-5-4-13-10/h1-7H,(H,15,16)(H,17,18). The molecule has 6 nitrogen and oxygen atoms in total. The second-order valence-corrected chi connectivity index (χ2v) is 3.67. The Hall–Kier alpha value is -2.76. The zero-order valence-corrected chi connectivity index (χ0v) is 9.29. The largest absolute Gasteiger partial charge is 0.319 e. The number of hydrogen-bond acceptors (Lipinski definition) is 4. The molecule has 0 radical (unpaired) electrons. The summed E-state index contributed by atoms with van der Waals surface area (Å²) in [5, 5.41) is 9.12. The first kappa shape index (κ1) is 10.4. The quantitative estimate of drug-likeness (QED) is 0.711. The number of aromatic amines is 1. The van der Waals surface area contributed by atoms with Crippen LogP contribution in [0.4, 0.5) is 5.69 Å². The number of anilines is 1. The minimum atomic E-state index is -0.234. The number of hydrogen-bond donors (Lipinski definition) is 2. The van der Waals surface area contributed by atoms with Gasteiger partial charge in [0.25, 0.3) is 5.91 Å². The minimum absolute atomic E-state index is 0.234. The Morgan fingerprint density at radius 2 is 2.11 bits per heavy atom. The molecule has 3 rings (SSSR count). The highest BCUT2D eigenvalue weighted by atomic mass is 16.1. The van der Waals surface area contributed by atoms with Crippen LogP contribution in [-0.2, 0) is 0 Å². The number of carbonyl (C=O) groups excluding carboxylic acids is 1. The van der Waals surface area contributed by atoms with Crippen molar-refractivity contribution in [3.05, 3.63) is 48.5 Å². The van der Waals surface area contributed by atoms with Crippen LogP contribution in [0.25, 0.3) is 11.0 Å². The fourth-order valence-corrected chi connectivity index (χ4v) is 1.69. The van der Waals surface area contributed by atoms with E-state index in [1.165, 1.54) is 6.20 Å². The van der Waals surface area contributed by atoms with Crippen LogP contribution in [0.1, 0.15) is 10.4 Å². The van der Waals surface area contributed by atoms with Gasteiger partial charge in [-0.3, -0.25) is 19.9 Å². The summed E-state index contributed by atoms with van der Waals surface area (Å²) in [6.07, 6.45) is 6.31. The second-order valence-electron chi connectivity index (χ2n) is 3.67. The van der Waals surface area contributed by atoms with Crippen LogP contribution < -0.4 is 5.32 Å². The summed E-state index contributed by atoms with van der Waals surface area (Å²) in [7, 11) is 0. The van der Waals surface area contributed by atoms with E-state index in [1.807, 2.05) is 6.07 Å². The highest BCUT2D eigenvalue weighted by Gasteiger charge is 2.11. The molecule has 88 valence electrons. The Balaban J connectivity index is 2.01. The van der Waals surface area contributed by atoms with Gasteiger partial charge in [-0.15, -0.1) is 0 Å². The molecule has 18 heavy (non-hydrogen) atoms. The van der Waals surface area contributed by atoms with E-state index in [2.05, 4.69) is 25.5 Å². The topological polar surface area (TPSA) is 83.6 Å². The van der Waals surface area contributed by atoms with Gasteiger partial charge in [0.2, 0.25) is 0 Å². The Kier molecular flexibility index (Phi) is 2.45. The maximum atomic E-state index is 12.1. The lowest BCUT2D eigenvalue weighted by Crippen LogP contribution is -2.12. The first-order valence-electron chi connectivity index (χ1n) is 5.34. The van der Waals surface area contributed by atoms with Crippen LogP contribution in [0.2, 0.25) is 0 Å². The van der Waals surface area contributed by atoms with Crippen LogP contribution in [0.3, 0.4) is 0 Å². The second kappa shape index (κ2) is 4.25. The van der Waals surface area contributed by atoms with Crippen LogP contribution in [-0.4, -0.2) is 26.1 Å². The van der Waals surface area contributed by atoms with Gasteiger partial charge in [0.05, 0.1) is 23.0 Å². The van der Waals surface area contributed by atoms with Gasteiger partial charge in [-0.1, -0.05) is 6.07 Å². The molecule has 0 bridgehead atoms. The van der Waals surface area contributed by atoms with Crippen LogP contribution in [0.15, 0.2) is 43.0 Å². The summed E-state index contributed by atoms with van der Waals surface area (Å²) < 4.78 is 0. The van der Waals surface area contributed by atoms with Gasteiger partial charge in [-0.2, -0.15) is 5.10 Å². The molecule has 2 heterocycles. The molecule has 2 N–H and O–H groups in total. The van der Waals surface area contributed by atoms with Crippen molar-refractivity contribution in [1.82, 2.24) is 20.2 Å². The number of para-hydroxylation sites is 1. The van der Waals surface area contributed by atoms with Gasteiger partial charge < -0.3 is 5.32 Å². The smallest absolute Gasteiger partial charge is 0.258 e. The van der Waals surface area contributed by atoms with E-state index in [0.717, 1.165) is 0 Å². The number of nitrogens with one attached hydrogen (secondary N) is 2. The molecule has 0 aliphatic rings. The number of rotatable bonds is 2. The average molecular weight is 239 g/mol. The molecule has 0 spiro atoms. The molecule has 3 aromatic rings. The molecule has 0 aliphatic carbocycles. The average Bonchev–Trinajstić information content (AvgIpc) is 2.91. The van der Waals surface area contributed by atoms with Gasteiger partial charge in [0.1, 0.15) is 5.52 Å². The van der Waals surface area contributed by atoms with Gasteiger partial charge in [-0.25, -0.2) is 0 Å². The highest BCUT2D eigenvalue weighted by molar-refractivity contribution is 6.11. The van der Waals surface area contributed by atoms with Gasteiger partial charge in [0.15, 0.2) is 0 Å². The zero-order valence-electron chi connectivity index (χ0n) is 9.29. The third-order valence-corrected chi connectivity index (χ3v) is 2.50. The molecular formula is C12H9N5O. The molecule has 0 unspecified atom stereocenters. The Bertz CT molecular complexity index is 687. The third kappa shape index (κ3) is 1.80. The van der Waals surface area contributed by atoms with E-state index in [0.29, 0.717) is 22.3 Å². The zero-order chi connectivity index (χ0) is 12.4. The highest BCUT2D eigenvalue weighted by Crippen LogP contribution is 2.15. The number of nitrogens with zero attached hydrogens (tertiary/aromatic N) is 3. The van der Waals surface area contributed by atoms with E-state index in [4.69, 9.17) is 0 Å². The van der Waals surface area contributed by atoms with E-state index in [1.54, 1.807) is 30.7 Å². The van der Waals surface area contributed by atoms with Gasteiger partial charge in [-0.05, 0) is 12.1 Å². The summed E-state index contributed by atoms with van der Waals surface area (Å²) >= 11 is 0. The summed E-state index contributed by atoms with van der Waals surface area (Å²) in [4.78, 5) is 20.5. The number of amides is 1. The number of fused-ring (bicyclic) bond motifs is 1. The predicted octanol–water partition coefficient (Wildman–Crippen LogP) is 1.61. The Labute approximate surface area is 102 Å². The van der Waals surface area contributed by atoms with Crippen LogP contribution >= 0.6 is 0 Å². The van der Waals surface area contributed by atoms with Crippen molar-refractivity contribution in [2.75, 3.05) is 5.32 Å². The molecule has 0 fully saturated rings. The minimum Gasteiger partial charge on any atom is -0.319 e. The van der Waals surface area contributed by atoms with Crippen LogP contribution in [0.5, 0.6) is 0 Å². The first-order valence-corrected chi connectivity index (χ1v) is 5.34. The first-order chi connectivity index (χ1) is 8.84. The van der Waals surface area contributed by atoms with Gasteiger partial charge in [0, 0.05) is 18.6 Å². The Morgan fingerprint density at radius 3 is 2.94 bits per heavy atom. The number of carbonyl (C=O) groups is 1. The third-order valence-electron chi connectivity index (χ3n) is 2.50. The maximum Gasteiger partial charge on any atom is 0.258 e. The molecule has 0 atom stereocenters. The summed E-state index contributed by atoms with van der Waals surface area (Å²) in [5.41, 5.74) is 2.38.